The molecule has 252 valence electrons. The fraction of sp³-hybridized carbons (Fsp3) is 0.469. The van der Waals surface area contributed by atoms with Gasteiger partial charge in [0, 0.05) is 87.1 Å². The molecule has 15 heteroatoms. The van der Waals surface area contributed by atoms with Gasteiger partial charge < -0.3 is 29.7 Å². The predicted molar refractivity (Wildman–Crippen MR) is 179 cm³/mol. The molecule has 0 bridgehead atoms. The lowest BCUT2D eigenvalue weighted by molar-refractivity contribution is 0.0240. The lowest BCUT2D eigenvalue weighted by Gasteiger charge is -2.35. The third-order valence-electron chi connectivity index (χ3n) is 7.59. The van der Waals surface area contributed by atoms with Gasteiger partial charge in [0.1, 0.15) is 12.2 Å². The van der Waals surface area contributed by atoms with Crippen LogP contribution in [0.2, 0.25) is 10.0 Å². The van der Waals surface area contributed by atoms with Gasteiger partial charge in [0.2, 0.25) is 11.8 Å². The highest BCUT2D eigenvalue weighted by atomic mass is 35.5. The molecule has 0 saturated carbocycles. The van der Waals surface area contributed by atoms with E-state index in [1.165, 1.54) is 0 Å². The second kappa shape index (κ2) is 15.3. The zero-order chi connectivity index (χ0) is 33.6. The van der Waals surface area contributed by atoms with Crippen molar-refractivity contribution < 1.29 is 23.8 Å². The fourth-order valence-corrected chi connectivity index (χ4v) is 5.84. The third kappa shape index (κ3) is 10.3. The van der Waals surface area contributed by atoms with E-state index in [2.05, 4.69) is 19.8 Å². The highest BCUT2D eigenvalue weighted by Gasteiger charge is 2.27. The molecule has 0 spiro atoms. The van der Waals surface area contributed by atoms with E-state index in [4.69, 9.17) is 48.1 Å². The Morgan fingerprint density at radius 3 is 2.13 bits per heavy atom. The van der Waals surface area contributed by atoms with Crippen LogP contribution in [0.5, 0.6) is 11.6 Å². The summed E-state index contributed by atoms with van der Waals surface area (Å²) < 4.78 is 16.6. The number of hydrogen-bond donors (Lipinski definition) is 1. The molecule has 0 radical (unpaired) electrons. The first-order valence-corrected chi connectivity index (χ1v) is 16.2. The number of nitrogens with zero attached hydrogens (tertiary/aromatic N) is 7. The van der Waals surface area contributed by atoms with Crippen molar-refractivity contribution in [3.63, 3.8) is 0 Å². The number of piperazine rings is 2. The lowest BCUT2D eigenvalue weighted by atomic mass is 10.1. The Hall–Kier alpha value is -3.91. The number of halogens is 2. The van der Waals surface area contributed by atoms with Crippen molar-refractivity contribution in [2.45, 2.75) is 32.9 Å². The molecule has 0 unspecified atom stereocenters. The highest BCUT2D eigenvalue weighted by Crippen LogP contribution is 2.30. The molecule has 2 fully saturated rings. The number of anilines is 1. The van der Waals surface area contributed by atoms with Gasteiger partial charge in [0.25, 0.3) is 0 Å². The van der Waals surface area contributed by atoms with Crippen molar-refractivity contribution in [1.29, 1.82) is 0 Å². The van der Waals surface area contributed by atoms with E-state index < -0.39 is 11.7 Å². The maximum atomic E-state index is 12.4. The molecule has 2 amide bonds. The number of pyridine rings is 1. The van der Waals surface area contributed by atoms with E-state index in [0.29, 0.717) is 72.6 Å². The Bertz CT molecular complexity index is 1520. The molecule has 4 heterocycles. The summed E-state index contributed by atoms with van der Waals surface area (Å²) in [6.45, 7) is 12.7. The first kappa shape index (κ1) is 34.4. The van der Waals surface area contributed by atoms with E-state index in [1.54, 1.807) is 23.4 Å². The molecule has 2 aliphatic heterocycles. The Morgan fingerprint density at radius 1 is 0.872 bits per heavy atom. The van der Waals surface area contributed by atoms with Crippen LogP contribution in [0.4, 0.5) is 15.5 Å². The van der Waals surface area contributed by atoms with Gasteiger partial charge in [0.15, 0.2) is 5.75 Å². The maximum Gasteiger partial charge on any atom is 0.410 e. The van der Waals surface area contributed by atoms with Crippen LogP contribution in [0.3, 0.4) is 0 Å². The Kier molecular flexibility index (Phi) is 11.2. The minimum absolute atomic E-state index is 0.279. The van der Waals surface area contributed by atoms with E-state index in [9.17, 15) is 9.59 Å². The standard InChI is InChI=1S/C32H40Cl2N8O5/c1-32(2,3)47-31(44)42-10-8-41(9-11-42)30-36-19-26(20-37-30)46-28-15-22(14-27(38-28)23-16-24(33)18-25(34)17-23)21-40-6-4-39(5-7-40)12-13-45-29(35)43/h14-20H,4-13,21H2,1-3H3,(H2,35,43). The SMILES string of the molecule is CC(C)(C)OC(=O)N1CCN(c2ncc(Oc3cc(CN4CCN(CCOC(N)=O)CC4)cc(-c4cc(Cl)cc(Cl)c4)n3)cn2)CC1. The molecule has 5 rings (SSSR count). The fourth-order valence-electron chi connectivity index (χ4n) is 5.32. The van der Waals surface area contributed by atoms with Gasteiger partial charge in [-0.05, 0) is 50.6 Å². The average Bonchev–Trinajstić information content (AvgIpc) is 3.01. The summed E-state index contributed by atoms with van der Waals surface area (Å²) in [5.74, 6) is 1.38. The Balaban J connectivity index is 1.25. The van der Waals surface area contributed by atoms with Gasteiger partial charge in [-0.25, -0.2) is 24.5 Å². The summed E-state index contributed by atoms with van der Waals surface area (Å²) in [6, 6.07) is 9.23. The highest BCUT2D eigenvalue weighted by molar-refractivity contribution is 6.35. The van der Waals surface area contributed by atoms with Crippen LogP contribution < -0.4 is 15.4 Å². The molecule has 2 aliphatic rings. The van der Waals surface area contributed by atoms with Crippen LogP contribution in [-0.2, 0) is 16.0 Å². The quantitative estimate of drug-likeness (QED) is 0.328. The minimum Gasteiger partial charge on any atom is -0.448 e. The maximum absolute atomic E-state index is 12.4. The molecule has 1 aromatic carbocycles. The van der Waals surface area contributed by atoms with Crippen LogP contribution in [0, 0.1) is 0 Å². The Labute approximate surface area is 284 Å². The molecule has 0 atom stereocenters. The van der Waals surface area contributed by atoms with Gasteiger partial charge >= 0.3 is 12.2 Å². The van der Waals surface area contributed by atoms with Crippen molar-refractivity contribution >= 4 is 41.3 Å². The van der Waals surface area contributed by atoms with Crippen LogP contribution in [0.25, 0.3) is 11.3 Å². The van der Waals surface area contributed by atoms with Gasteiger partial charge in [-0.3, -0.25) is 9.80 Å². The molecule has 47 heavy (non-hydrogen) atoms. The van der Waals surface area contributed by atoms with Gasteiger partial charge in [-0.2, -0.15) is 0 Å². The number of ether oxygens (including phenoxy) is 3. The summed E-state index contributed by atoms with van der Waals surface area (Å²) >= 11 is 12.6. The molecule has 2 saturated heterocycles. The second-order valence-corrected chi connectivity index (χ2v) is 13.3. The van der Waals surface area contributed by atoms with Gasteiger partial charge in [-0.15, -0.1) is 0 Å². The lowest BCUT2D eigenvalue weighted by Crippen LogP contribution is -2.50. The monoisotopic (exact) mass is 686 g/mol. The first-order chi connectivity index (χ1) is 22.4. The first-order valence-electron chi connectivity index (χ1n) is 15.5. The van der Waals surface area contributed by atoms with Crippen LogP contribution in [-0.4, -0.2) is 113 Å². The Morgan fingerprint density at radius 2 is 1.51 bits per heavy atom. The smallest absolute Gasteiger partial charge is 0.410 e. The number of primary amides is 1. The topological polar surface area (TPSA) is 139 Å². The molecule has 13 nitrogen and oxygen atoms in total. The molecule has 2 N–H and O–H groups in total. The molecular formula is C32H40Cl2N8O5. The summed E-state index contributed by atoms with van der Waals surface area (Å²) in [4.78, 5) is 45.4. The number of aromatic nitrogens is 3. The largest absolute Gasteiger partial charge is 0.448 e. The van der Waals surface area contributed by atoms with Gasteiger partial charge in [-0.1, -0.05) is 23.2 Å². The zero-order valence-electron chi connectivity index (χ0n) is 26.8. The summed E-state index contributed by atoms with van der Waals surface area (Å²) in [5.41, 5.74) is 6.98. The summed E-state index contributed by atoms with van der Waals surface area (Å²) in [7, 11) is 0. The third-order valence-corrected chi connectivity index (χ3v) is 8.03. The predicted octanol–water partition coefficient (Wildman–Crippen LogP) is 4.91. The number of benzene rings is 1. The number of carbonyl (C=O) groups excluding carboxylic acids is 2. The average molecular weight is 688 g/mol. The molecular weight excluding hydrogens is 647 g/mol. The van der Waals surface area contributed by atoms with Crippen molar-refractivity contribution in [2.24, 2.45) is 5.73 Å². The number of nitrogens with two attached hydrogens (primary N) is 1. The molecule has 0 aliphatic carbocycles. The molecule has 2 aromatic heterocycles. The number of carbonyl (C=O) groups is 2. The van der Waals surface area contributed by atoms with E-state index >= 15 is 0 Å². The van der Waals surface area contributed by atoms with Crippen molar-refractivity contribution in [1.82, 2.24) is 29.7 Å². The van der Waals surface area contributed by atoms with E-state index in [0.717, 1.165) is 37.3 Å². The van der Waals surface area contributed by atoms with Crippen LogP contribution >= 0.6 is 23.2 Å². The van der Waals surface area contributed by atoms with Crippen LogP contribution in [0.1, 0.15) is 26.3 Å². The summed E-state index contributed by atoms with van der Waals surface area (Å²) in [5, 5.41) is 1.02. The van der Waals surface area contributed by atoms with E-state index in [-0.39, 0.29) is 12.7 Å². The van der Waals surface area contributed by atoms with E-state index in [1.807, 2.05) is 49.9 Å². The second-order valence-electron chi connectivity index (χ2n) is 12.4. The van der Waals surface area contributed by atoms with Crippen molar-refractivity contribution in [3.8, 4) is 22.9 Å². The number of hydrogen-bond acceptors (Lipinski definition) is 11. The minimum atomic E-state index is -0.756. The van der Waals surface area contributed by atoms with Crippen molar-refractivity contribution in [2.75, 3.05) is 70.4 Å². The summed E-state index contributed by atoms with van der Waals surface area (Å²) in [6.07, 6.45) is 2.17. The van der Waals surface area contributed by atoms with Crippen LogP contribution in [0.15, 0.2) is 42.7 Å². The molecule has 3 aromatic rings. The van der Waals surface area contributed by atoms with Crippen molar-refractivity contribution in [3.05, 3.63) is 58.3 Å². The number of rotatable bonds is 9. The van der Waals surface area contributed by atoms with Gasteiger partial charge in [0.05, 0.1) is 18.1 Å². The zero-order valence-corrected chi connectivity index (χ0v) is 28.3. The normalized spacial score (nSPS) is 16.2. The number of amides is 2.